The van der Waals surface area contributed by atoms with Crippen molar-refractivity contribution in [1.29, 1.82) is 0 Å². The maximum Gasteiger partial charge on any atom is 0.284 e. The number of allylic oxidation sites excluding steroid dienone is 2. The summed E-state index contributed by atoms with van der Waals surface area (Å²) in [7, 11) is 0. The summed E-state index contributed by atoms with van der Waals surface area (Å²) in [5, 5.41) is 2.87. The maximum atomic E-state index is 13.3. The van der Waals surface area contributed by atoms with E-state index in [1.807, 2.05) is 31.2 Å². The topological polar surface area (TPSA) is 12.0 Å². The maximum absolute atomic E-state index is 13.3. The zero-order valence-corrected chi connectivity index (χ0v) is 11.4. The van der Waals surface area contributed by atoms with E-state index in [2.05, 4.69) is 12.2 Å². The fraction of sp³-hybridized carbons (Fsp3) is 0.467. The minimum absolute atomic E-state index is 0.0328. The van der Waals surface area contributed by atoms with E-state index in [9.17, 15) is 8.78 Å². The highest BCUT2D eigenvalue weighted by Gasteiger charge is 2.27. The standard InChI is InChI=1S/C15H21F2N/c1-5-12-7-9-13(10-8-12)11(3)18-14(6-2)15(4,16)17/h6-11,18H,5H2,1-4H3. The summed E-state index contributed by atoms with van der Waals surface area (Å²) in [6.45, 7) is 6.50. The molecule has 1 aromatic rings. The molecule has 18 heavy (non-hydrogen) atoms. The van der Waals surface area contributed by atoms with Crippen LogP contribution in [0.25, 0.3) is 0 Å². The lowest BCUT2D eigenvalue weighted by atomic mass is 10.0. The summed E-state index contributed by atoms with van der Waals surface area (Å²) in [6.07, 6.45) is 2.41. The molecule has 1 unspecified atom stereocenters. The van der Waals surface area contributed by atoms with Crippen LogP contribution in [0.1, 0.15) is 44.9 Å². The van der Waals surface area contributed by atoms with Gasteiger partial charge >= 0.3 is 0 Å². The third kappa shape index (κ3) is 3.83. The molecule has 0 amide bonds. The molecule has 0 fully saturated rings. The van der Waals surface area contributed by atoms with Crippen molar-refractivity contribution in [3.63, 3.8) is 0 Å². The van der Waals surface area contributed by atoms with Crippen LogP contribution in [0, 0.1) is 0 Å². The first-order valence-electron chi connectivity index (χ1n) is 6.28. The quantitative estimate of drug-likeness (QED) is 0.817. The Bertz CT molecular complexity index is 401. The van der Waals surface area contributed by atoms with E-state index in [0.29, 0.717) is 0 Å². The molecule has 0 saturated carbocycles. The zero-order chi connectivity index (χ0) is 13.8. The third-order valence-electron chi connectivity index (χ3n) is 3.02. The molecule has 1 aromatic carbocycles. The van der Waals surface area contributed by atoms with Gasteiger partial charge in [0.1, 0.15) is 0 Å². The Morgan fingerprint density at radius 3 is 2.28 bits per heavy atom. The number of nitrogens with one attached hydrogen (secondary N) is 1. The number of halogens is 2. The van der Waals surface area contributed by atoms with Crippen LogP contribution < -0.4 is 5.32 Å². The summed E-state index contributed by atoms with van der Waals surface area (Å²) < 4.78 is 26.5. The molecule has 0 aliphatic rings. The van der Waals surface area contributed by atoms with Crippen molar-refractivity contribution in [3.05, 3.63) is 47.2 Å². The van der Waals surface area contributed by atoms with Gasteiger partial charge in [-0.15, -0.1) is 0 Å². The Labute approximate surface area is 108 Å². The van der Waals surface area contributed by atoms with E-state index < -0.39 is 5.92 Å². The SMILES string of the molecule is CC=C(NC(C)c1ccc(CC)cc1)C(C)(F)F. The second-order valence-electron chi connectivity index (χ2n) is 4.55. The van der Waals surface area contributed by atoms with Crippen molar-refractivity contribution < 1.29 is 8.78 Å². The predicted octanol–water partition coefficient (Wildman–Crippen LogP) is 4.46. The van der Waals surface area contributed by atoms with Crippen LogP contribution in [0.3, 0.4) is 0 Å². The monoisotopic (exact) mass is 253 g/mol. The van der Waals surface area contributed by atoms with Crippen molar-refractivity contribution in [2.75, 3.05) is 0 Å². The fourth-order valence-electron chi connectivity index (χ4n) is 1.82. The van der Waals surface area contributed by atoms with Gasteiger partial charge < -0.3 is 5.32 Å². The molecule has 0 spiro atoms. The molecular weight excluding hydrogens is 232 g/mol. The number of aryl methyl sites for hydroxylation is 1. The lowest BCUT2D eigenvalue weighted by Crippen LogP contribution is -2.29. The molecule has 1 N–H and O–H groups in total. The van der Waals surface area contributed by atoms with E-state index >= 15 is 0 Å². The van der Waals surface area contributed by atoms with Crippen molar-refractivity contribution in [2.24, 2.45) is 0 Å². The highest BCUT2D eigenvalue weighted by Crippen LogP contribution is 2.24. The molecule has 0 saturated heterocycles. The van der Waals surface area contributed by atoms with Crippen LogP contribution in [0.4, 0.5) is 8.78 Å². The zero-order valence-electron chi connectivity index (χ0n) is 11.4. The van der Waals surface area contributed by atoms with Crippen LogP contribution in [0.5, 0.6) is 0 Å². The fourth-order valence-corrected chi connectivity index (χ4v) is 1.82. The van der Waals surface area contributed by atoms with E-state index in [-0.39, 0.29) is 11.7 Å². The Morgan fingerprint density at radius 1 is 1.33 bits per heavy atom. The molecule has 0 bridgehead atoms. The van der Waals surface area contributed by atoms with E-state index in [1.54, 1.807) is 6.92 Å². The number of hydrogen-bond donors (Lipinski definition) is 1. The summed E-state index contributed by atoms with van der Waals surface area (Å²) in [4.78, 5) is 0. The number of alkyl halides is 2. The van der Waals surface area contributed by atoms with Gasteiger partial charge in [-0.3, -0.25) is 0 Å². The molecule has 0 aliphatic heterocycles. The first-order valence-corrected chi connectivity index (χ1v) is 6.28. The Hall–Kier alpha value is -1.38. The van der Waals surface area contributed by atoms with Crippen molar-refractivity contribution in [2.45, 2.75) is 46.1 Å². The third-order valence-corrected chi connectivity index (χ3v) is 3.02. The van der Waals surface area contributed by atoms with E-state index in [1.165, 1.54) is 11.6 Å². The highest BCUT2D eigenvalue weighted by molar-refractivity contribution is 5.26. The van der Waals surface area contributed by atoms with Gasteiger partial charge in [0.05, 0.1) is 5.70 Å². The average Bonchev–Trinajstić information content (AvgIpc) is 2.34. The number of hydrogen-bond acceptors (Lipinski definition) is 1. The predicted molar refractivity (Wildman–Crippen MR) is 71.7 cm³/mol. The van der Waals surface area contributed by atoms with Gasteiger partial charge in [-0.1, -0.05) is 37.3 Å². The van der Waals surface area contributed by atoms with Crippen molar-refractivity contribution in [3.8, 4) is 0 Å². The first-order chi connectivity index (χ1) is 8.38. The first kappa shape index (κ1) is 14.7. The smallest absolute Gasteiger partial charge is 0.284 e. The minimum Gasteiger partial charge on any atom is -0.377 e. The van der Waals surface area contributed by atoms with Gasteiger partial charge in [0.15, 0.2) is 0 Å². The number of rotatable bonds is 5. The van der Waals surface area contributed by atoms with Crippen LogP contribution in [0.15, 0.2) is 36.0 Å². The molecule has 0 heterocycles. The lowest BCUT2D eigenvalue weighted by Gasteiger charge is -2.22. The van der Waals surface area contributed by atoms with Gasteiger partial charge in [0, 0.05) is 13.0 Å². The van der Waals surface area contributed by atoms with Gasteiger partial charge in [-0.05, 0) is 31.4 Å². The van der Waals surface area contributed by atoms with Gasteiger partial charge in [-0.2, -0.15) is 0 Å². The second kappa shape index (κ2) is 5.98. The minimum atomic E-state index is -2.83. The highest BCUT2D eigenvalue weighted by atomic mass is 19.3. The van der Waals surface area contributed by atoms with Gasteiger partial charge in [-0.25, -0.2) is 8.78 Å². The molecule has 1 nitrogen and oxygen atoms in total. The molecule has 0 radical (unpaired) electrons. The van der Waals surface area contributed by atoms with Crippen LogP contribution >= 0.6 is 0 Å². The molecule has 3 heteroatoms. The summed E-state index contributed by atoms with van der Waals surface area (Å²) in [6, 6.07) is 7.91. The van der Waals surface area contributed by atoms with Gasteiger partial charge in [0.2, 0.25) is 0 Å². The molecule has 1 rings (SSSR count). The Balaban J connectivity index is 2.78. The average molecular weight is 253 g/mol. The number of benzene rings is 1. The molecule has 1 atom stereocenters. The summed E-state index contributed by atoms with van der Waals surface area (Å²) >= 11 is 0. The summed E-state index contributed by atoms with van der Waals surface area (Å²) in [5.41, 5.74) is 2.23. The van der Waals surface area contributed by atoms with E-state index in [0.717, 1.165) is 18.9 Å². The van der Waals surface area contributed by atoms with Crippen LogP contribution in [0.2, 0.25) is 0 Å². The Morgan fingerprint density at radius 2 is 1.89 bits per heavy atom. The summed E-state index contributed by atoms with van der Waals surface area (Å²) in [5.74, 6) is -2.83. The normalized spacial score (nSPS) is 14.4. The van der Waals surface area contributed by atoms with Crippen LogP contribution in [-0.4, -0.2) is 5.92 Å². The van der Waals surface area contributed by atoms with Gasteiger partial charge in [0.25, 0.3) is 5.92 Å². The second-order valence-corrected chi connectivity index (χ2v) is 4.55. The van der Waals surface area contributed by atoms with Crippen molar-refractivity contribution >= 4 is 0 Å². The molecule has 0 aromatic heterocycles. The Kier molecular flexibility index (Phi) is 4.88. The lowest BCUT2D eigenvalue weighted by molar-refractivity contribution is 0.0537. The van der Waals surface area contributed by atoms with Crippen LogP contribution in [-0.2, 0) is 6.42 Å². The van der Waals surface area contributed by atoms with E-state index in [4.69, 9.17) is 0 Å². The largest absolute Gasteiger partial charge is 0.377 e. The van der Waals surface area contributed by atoms with Crippen molar-refractivity contribution in [1.82, 2.24) is 5.32 Å². The molecule has 0 aliphatic carbocycles. The molecule has 100 valence electrons. The molecular formula is C15H21F2N.